The highest BCUT2D eigenvalue weighted by molar-refractivity contribution is 5.88. The first-order chi connectivity index (χ1) is 10.1. The number of carbonyl (C=O) groups is 3. The van der Waals surface area contributed by atoms with Gasteiger partial charge in [0.15, 0.2) is 0 Å². The van der Waals surface area contributed by atoms with Crippen molar-refractivity contribution in [1.29, 1.82) is 0 Å². The van der Waals surface area contributed by atoms with Crippen LogP contribution in [0.2, 0.25) is 0 Å². The highest BCUT2D eigenvalue weighted by atomic mass is 16.4. The summed E-state index contributed by atoms with van der Waals surface area (Å²) < 4.78 is 0. The Kier molecular flexibility index (Phi) is 5.41. The summed E-state index contributed by atoms with van der Waals surface area (Å²) in [6, 6.07) is -0.908. The molecule has 1 aliphatic heterocycles. The molecule has 0 aromatic heterocycles. The Morgan fingerprint density at radius 2 is 1.76 bits per heavy atom. The van der Waals surface area contributed by atoms with Crippen molar-refractivity contribution in [2.24, 2.45) is 0 Å². The van der Waals surface area contributed by atoms with Gasteiger partial charge in [-0.05, 0) is 25.7 Å². The molecule has 3 amide bonds. The van der Waals surface area contributed by atoms with E-state index in [0.717, 1.165) is 25.7 Å². The van der Waals surface area contributed by atoms with Gasteiger partial charge in [-0.2, -0.15) is 0 Å². The number of nitrogens with zero attached hydrogens (tertiary/aromatic N) is 1. The van der Waals surface area contributed by atoms with Crippen LogP contribution in [0, 0.1) is 0 Å². The lowest BCUT2D eigenvalue weighted by molar-refractivity contribution is -0.147. The van der Waals surface area contributed by atoms with Gasteiger partial charge in [0.05, 0.1) is 6.54 Å². The van der Waals surface area contributed by atoms with Crippen molar-refractivity contribution in [2.75, 3.05) is 13.1 Å². The zero-order valence-corrected chi connectivity index (χ0v) is 12.1. The number of hydrogen-bond acceptors (Lipinski definition) is 3. The molecule has 1 heterocycles. The van der Waals surface area contributed by atoms with Crippen molar-refractivity contribution in [1.82, 2.24) is 15.5 Å². The van der Waals surface area contributed by atoms with Gasteiger partial charge in [0, 0.05) is 12.6 Å². The second-order valence-electron chi connectivity index (χ2n) is 5.75. The monoisotopic (exact) mass is 297 g/mol. The molecule has 1 aliphatic carbocycles. The molecule has 118 valence electrons. The fourth-order valence-electron chi connectivity index (χ4n) is 3.06. The maximum Gasteiger partial charge on any atom is 0.326 e. The summed E-state index contributed by atoms with van der Waals surface area (Å²) in [6.45, 7) is 0.296. The molecule has 2 aliphatic rings. The Hall–Kier alpha value is -1.79. The van der Waals surface area contributed by atoms with Crippen molar-refractivity contribution < 1.29 is 19.5 Å². The van der Waals surface area contributed by atoms with Crippen LogP contribution in [0.4, 0.5) is 4.79 Å². The Balaban J connectivity index is 1.72. The number of hydrogen-bond donors (Lipinski definition) is 3. The molecule has 0 radical (unpaired) electrons. The number of likely N-dealkylation sites (tertiary alicyclic amines) is 1. The lowest BCUT2D eigenvalue weighted by atomic mass is 9.96. The largest absolute Gasteiger partial charge is 0.480 e. The van der Waals surface area contributed by atoms with Crippen LogP contribution in [0.1, 0.15) is 44.9 Å². The minimum Gasteiger partial charge on any atom is -0.480 e. The molecule has 21 heavy (non-hydrogen) atoms. The second-order valence-corrected chi connectivity index (χ2v) is 5.75. The van der Waals surface area contributed by atoms with Crippen molar-refractivity contribution in [3.63, 3.8) is 0 Å². The van der Waals surface area contributed by atoms with E-state index in [-0.39, 0.29) is 24.5 Å². The normalized spacial score (nSPS) is 22.9. The van der Waals surface area contributed by atoms with Gasteiger partial charge in [-0.1, -0.05) is 19.3 Å². The zero-order chi connectivity index (χ0) is 15.2. The molecule has 2 fully saturated rings. The quantitative estimate of drug-likeness (QED) is 0.711. The average molecular weight is 297 g/mol. The highest BCUT2D eigenvalue weighted by Crippen LogP contribution is 2.18. The van der Waals surface area contributed by atoms with Gasteiger partial charge in [0.2, 0.25) is 5.91 Å². The number of carboxylic acids is 1. The summed E-state index contributed by atoms with van der Waals surface area (Å²) in [5.74, 6) is -1.31. The van der Waals surface area contributed by atoms with Crippen LogP contribution < -0.4 is 10.6 Å². The summed E-state index contributed by atoms with van der Waals surface area (Å²) >= 11 is 0. The van der Waals surface area contributed by atoms with Crippen LogP contribution in [0.25, 0.3) is 0 Å². The molecule has 2 rings (SSSR count). The van der Waals surface area contributed by atoms with E-state index in [1.807, 2.05) is 0 Å². The summed E-state index contributed by atoms with van der Waals surface area (Å²) in [4.78, 5) is 36.1. The number of carboxylic acid groups (broad SMARTS) is 1. The van der Waals surface area contributed by atoms with Gasteiger partial charge in [-0.25, -0.2) is 9.59 Å². The van der Waals surface area contributed by atoms with Crippen LogP contribution in [0.15, 0.2) is 0 Å². The first-order valence-electron chi connectivity index (χ1n) is 7.64. The molecule has 0 aromatic carbocycles. The standard InChI is InChI=1S/C14H23N3O4/c18-12(17-8-4-7-11(17)13(19)20)9-15-14(21)16-10-5-2-1-3-6-10/h10-11H,1-9H2,(H,19,20)(H2,15,16,21). The number of urea groups is 1. The van der Waals surface area contributed by atoms with Crippen molar-refractivity contribution in [3.8, 4) is 0 Å². The highest BCUT2D eigenvalue weighted by Gasteiger charge is 2.33. The van der Waals surface area contributed by atoms with Crippen LogP contribution in [-0.2, 0) is 9.59 Å². The molecule has 1 saturated carbocycles. The molecule has 1 unspecified atom stereocenters. The van der Waals surface area contributed by atoms with E-state index in [1.165, 1.54) is 11.3 Å². The molecule has 0 aromatic rings. The van der Waals surface area contributed by atoms with Crippen LogP contribution in [-0.4, -0.2) is 53.1 Å². The second kappa shape index (κ2) is 7.28. The summed E-state index contributed by atoms with van der Waals surface area (Å²) in [7, 11) is 0. The maximum absolute atomic E-state index is 12.0. The van der Waals surface area contributed by atoms with Gasteiger partial charge in [0.25, 0.3) is 0 Å². The molecule has 1 saturated heterocycles. The van der Waals surface area contributed by atoms with Gasteiger partial charge in [-0.15, -0.1) is 0 Å². The number of aliphatic carboxylic acids is 1. The predicted molar refractivity (Wildman–Crippen MR) is 75.8 cm³/mol. The smallest absolute Gasteiger partial charge is 0.326 e. The Bertz CT molecular complexity index is 407. The van der Waals surface area contributed by atoms with Crippen molar-refractivity contribution in [3.05, 3.63) is 0 Å². The number of amides is 3. The Labute approximate surface area is 124 Å². The van der Waals surface area contributed by atoms with E-state index in [2.05, 4.69) is 10.6 Å². The molecule has 1 atom stereocenters. The van der Waals surface area contributed by atoms with Crippen LogP contribution in [0.5, 0.6) is 0 Å². The number of nitrogens with one attached hydrogen (secondary N) is 2. The Morgan fingerprint density at radius 3 is 2.43 bits per heavy atom. The molecule has 7 heteroatoms. The lowest BCUT2D eigenvalue weighted by Gasteiger charge is -2.24. The average Bonchev–Trinajstić information content (AvgIpc) is 2.95. The molecule has 7 nitrogen and oxygen atoms in total. The third-order valence-corrected chi connectivity index (χ3v) is 4.20. The predicted octanol–water partition coefficient (Wildman–Crippen LogP) is 0.694. The van der Waals surface area contributed by atoms with Crippen LogP contribution in [0.3, 0.4) is 0 Å². The fraction of sp³-hybridized carbons (Fsp3) is 0.786. The first kappa shape index (κ1) is 15.6. The molecule has 3 N–H and O–H groups in total. The van der Waals surface area contributed by atoms with E-state index in [4.69, 9.17) is 5.11 Å². The third-order valence-electron chi connectivity index (χ3n) is 4.20. The van der Waals surface area contributed by atoms with Gasteiger partial charge < -0.3 is 20.6 Å². The number of rotatable bonds is 4. The lowest BCUT2D eigenvalue weighted by Crippen LogP contribution is -2.49. The fourth-order valence-corrected chi connectivity index (χ4v) is 3.06. The molecule has 0 spiro atoms. The van der Waals surface area contributed by atoms with E-state index in [9.17, 15) is 14.4 Å². The summed E-state index contributed by atoms with van der Waals surface area (Å²) in [6.07, 6.45) is 6.59. The minimum atomic E-state index is -0.979. The van der Waals surface area contributed by atoms with E-state index in [1.54, 1.807) is 0 Å². The summed E-state index contributed by atoms with van der Waals surface area (Å²) in [5.41, 5.74) is 0. The molecular formula is C14H23N3O4. The SMILES string of the molecule is O=C(NCC(=O)N1CCCC1C(=O)O)NC1CCCCC1. The third kappa shape index (κ3) is 4.34. The zero-order valence-electron chi connectivity index (χ0n) is 12.1. The van der Waals surface area contributed by atoms with Gasteiger partial charge in [-0.3, -0.25) is 4.79 Å². The van der Waals surface area contributed by atoms with Crippen molar-refractivity contribution in [2.45, 2.75) is 57.0 Å². The van der Waals surface area contributed by atoms with Crippen LogP contribution >= 0.6 is 0 Å². The topological polar surface area (TPSA) is 98.7 Å². The summed E-state index contributed by atoms with van der Waals surface area (Å²) in [5, 5.41) is 14.4. The van der Waals surface area contributed by atoms with E-state index < -0.39 is 12.0 Å². The molecular weight excluding hydrogens is 274 g/mol. The minimum absolute atomic E-state index is 0.150. The Morgan fingerprint density at radius 1 is 1.05 bits per heavy atom. The van der Waals surface area contributed by atoms with Crippen molar-refractivity contribution >= 4 is 17.9 Å². The van der Waals surface area contributed by atoms with E-state index in [0.29, 0.717) is 19.4 Å². The first-order valence-corrected chi connectivity index (χ1v) is 7.64. The van der Waals surface area contributed by atoms with Gasteiger partial charge in [0.1, 0.15) is 6.04 Å². The van der Waals surface area contributed by atoms with Gasteiger partial charge >= 0.3 is 12.0 Å². The molecule has 0 bridgehead atoms. The van der Waals surface area contributed by atoms with E-state index >= 15 is 0 Å². The maximum atomic E-state index is 12.0. The number of carbonyl (C=O) groups excluding carboxylic acids is 2.